The summed E-state index contributed by atoms with van der Waals surface area (Å²) in [4.78, 5) is 24.4. The third-order valence-corrected chi connectivity index (χ3v) is 7.09. The van der Waals surface area contributed by atoms with Gasteiger partial charge in [0.1, 0.15) is 5.75 Å². The minimum atomic E-state index is -4.98. The van der Waals surface area contributed by atoms with Gasteiger partial charge in [0.2, 0.25) is 0 Å². The van der Waals surface area contributed by atoms with Crippen LogP contribution < -0.4 is 20.1 Å². The van der Waals surface area contributed by atoms with Gasteiger partial charge in [-0.05, 0) is 55.2 Å². The molecule has 0 atom stereocenters. The molecule has 8 nitrogen and oxygen atoms in total. The van der Waals surface area contributed by atoms with E-state index < -0.39 is 34.1 Å². The zero-order valence-electron chi connectivity index (χ0n) is 19.0. The first-order chi connectivity index (χ1) is 16.9. The molecule has 1 saturated carbocycles. The van der Waals surface area contributed by atoms with Gasteiger partial charge in [0.15, 0.2) is 0 Å². The summed E-state index contributed by atoms with van der Waals surface area (Å²) in [6.07, 6.45) is -0.0158. The first-order valence-corrected chi connectivity index (χ1v) is 13.0. The molecule has 1 fully saturated rings. The number of benzene rings is 2. The largest absolute Gasteiger partial charge is 0.573 e. The maximum atomic E-state index is 12.6. The molecule has 36 heavy (non-hydrogen) atoms. The summed E-state index contributed by atoms with van der Waals surface area (Å²) in [6, 6.07) is 8.03. The van der Waals surface area contributed by atoms with Crippen LogP contribution >= 0.6 is 11.6 Å². The summed E-state index contributed by atoms with van der Waals surface area (Å²) in [5.74, 6) is -1.50. The molecule has 2 aromatic carbocycles. The van der Waals surface area contributed by atoms with Crippen molar-refractivity contribution in [2.45, 2.75) is 55.8 Å². The second-order valence-corrected chi connectivity index (χ2v) is 10.4. The number of hydrogen-bond acceptors (Lipinski definition) is 5. The van der Waals surface area contributed by atoms with E-state index >= 15 is 0 Å². The summed E-state index contributed by atoms with van der Waals surface area (Å²) in [6.45, 7) is 0.0466. The van der Waals surface area contributed by atoms with E-state index in [1.54, 1.807) is 0 Å². The highest BCUT2D eigenvalue weighted by Gasteiger charge is 2.33. The number of carbonyl (C=O) groups excluding carboxylic acids is 2. The fourth-order valence-electron chi connectivity index (χ4n) is 3.79. The number of halogens is 4. The number of rotatable bonds is 8. The van der Waals surface area contributed by atoms with E-state index in [0.29, 0.717) is 5.56 Å². The summed E-state index contributed by atoms with van der Waals surface area (Å²) in [5, 5.41) is 5.22. The molecular formula is C23H25ClF3N3O5S. The molecule has 0 spiro atoms. The van der Waals surface area contributed by atoms with Gasteiger partial charge in [-0.2, -0.15) is 0 Å². The first-order valence-electron chi connectivity index (χ1n) is 11.2. The molecule has 13 heteroatoms. The zero-order chi connectivity index (χ0) is 26.3. The van der Waals surface area contributed by atoms with Crippen LogP contribution in [0.25, 0.3) is 0 Å². The van der Waals surface area contributed by atoms with Gasteiger partial charge in [-0.3, -0.25) is 4.79 Å². The Morgan fingerprint density at radius 1 is 1.03 bits per heavy atom. The second-order valence-electron chi connectivity index (χ2n) is 8.25. The van der Waals surface area contributed by atoms with Crippen LogP contribution in [0.5, 0.6) is 5.75 Å². The lowest BCUT2D eigenvalue weighted by Gasteiger charge is -2.22. The lowest BCUT2D eigenvalue weighted by Crippen LogP contribution is -2.45. The summed E-state index contributed by atoms with van der Waals surface area (Å²) < 4.78 is 68.6. The Morgan fingerprint density at radius 2 is 1.69 bits per heavy atom. The number of carbonyl (C=O) groups is 2. The highest BCUT2D eigenvalue weighted by Crippen LogP contribution is 2.28. The van der Waals surface area contributed by atoms with Crippen molar-refractivity contribution in [1.82, 2.24) is 15.4 Å². The normalized spacial score (nSPS) is 14.7. The Balaban J connectivity index is 1.54. The molecule has 0 bridgehead atoms. The number of hydrogen-bond donors (Lipinski definition) is 3. The number of ether oxygens (including phenoxy) is 1. The maximum Gasteiger partial charge on any atom is 0.573 e. The molecular weight excluding hydrogens is 523 g/mol. The van der Waals surface area contributed by atoms with Crippen molar-refractivity contribution in [2.75, 3.05) is 6.54 Å². The highest BCUT2D eigenvalue weighted by atomic mass is 35.5. The molecule has 3 rings (SSSR count). The van der Waals surface area contributed by atoms with E-state index in [2.05, 4.69) is 15.4 Å². The van der Waals surface area contributed by atoms with Crippen molar-refractivity contribution in [3.63, 3.8) is 0 Å². The lowest BCUT2D eigenvalue weighted by molar-refractivity contribution is -0.274. The standard InChI is InChI=1S/C23H25ClF3N3O5S/c24-16-8-11-20(35-23(25,26)27)19(14-16)21(31)28-13-12-15-6-9-18(10-7-15)36(33,34)30-22(32)29-17-4-2-1-3-5-17/h6-11,14,17H,1-5,12-13H2,(H,28,31)(H2,29,30,32). The van der Waals surface area contributed by atoms with Crippen molar-refractivity contribution in [2.24, 2.45) is 0 Å². The van der Waals surface area contributed by atoms with Gasteiger partial charge in [0.25, 0.3) is 15.9 Å². The molecule has 3 N–H and O–H groups in total. The molecule has 1 aliphatic carbocycles. The quantitative estimate of drug-likeness (QED) is 0.449. The minimum absolute atomic E-state index is 0.0466. The molecule has 0 aromatic heterocycles. The van der Waals surface area contributed by atoms with Gasteiger partial charge in [0.05, 0.1) is 10.5 Å². The number of nitrogens with one attached hydrogen (secondary N) is 3. The first kappa shape index (κ1) is 27.6. The second kappa shape index (κ2) is 11.8. The van der Waals surface area contributed by atoms with Crippen molar-refractivity contribution >= 4 is 33.6 Å². The molecule has 2 aromatic rings. The summed E-state index contributed by atoms with van der Waals surface area (Å²) in [7, 11) is -4.07. The summed E-state index contributed by atoms with van der Waals surface area (Å²) >= 11 is 5.80. The monoisotopic (exact) mass is 547 g/mol. The van der Waals surface area contributed by atoms with Crippen LogP contribution in [0.15, 0.2) is 47.4 Å². The molecule has 1 aliphatic rings. The van der Waals surface area contributed by atoms with Crippen molar-refractivity contribution in [3.8, 4) is 5.75 Å². The van der Waals surface area contributed by atoms with Crippen molar-refractivity contribution < 1.29 is 35.9 Å². The SMILES string of the molecule is O=C(NC1CCCCC1)NS(=O)(=O)c1ccc(CCNC(=O)c2cc(Cl)ccc2OC(F)(F)F)cc1. The van der Waals surface area contributed by atoms with Crippen molar-refractivity contribution in [1.29, 1.82) is 0 Å². The summed E-state index contributed by atoms with van der Waals surface area (Å²) in [5.41, 5.74) is 0.276. The zero-order valence-corrected chi connectivity index (χ0v) is 20.6. The van der Waals surface area contributed by atoms with Gasteiger partial charge in [-0.25, -0.2) is 17.9 Å². The van der Waals surface area contributed by atoms with Crippen LogP contribution in [0.3, 0.4) is 0 Å². The van der Waals surface area contributed by atoms with E-state index in [-0.39, 0.29) is 34.5 Å². The van der Waals surface area contributed by atoms with Crippen LogP contribution in [0.1, 0.15) is 48.0 Å². The molecule has 196 valence electrons. The molecule has 0 aliphatic heterocycles. The van der Waals surface area contributed by atoms with Crippen LogP contribution in [0, 0.1) is 0 Å². The lowest BCUT2D eigenvalue weighted by atomic mass is 9.96. The van der Waals surface area contributed by atoms with E-state index in [0.717, 1.165) is 44.2 Å². The van der Waals surface area contributed by atoms with Crippen LogP contribution in [0.2, 0.25) is 5.02 Å². The fourth-order valence-corrected chi connectivity index (χ4v) is 4.87. The van der Waals surface area contributed by atoms with Gasteiger partial charge >= 0.3 is 12.4 Å². The molecule has 0 heterocycles. The van der Waals surface area contributed by atoms with E-state index in [1.165, 1.54) is 30.3 Å². The Bertz CT molecular complexity index is 1180. The Labute approximate surface area is 211 Å². The van der Waals surface area contributed by atoms with Crippen LogP contribution in [-0.2, 0) is 16.4 Å². The smallest absolute Gasteiger partial charge is 0.405 e. The molecule has 0 saturated heterocycles. The predicted molar refractivity (Wildman–Crippen MR) is 126 cm³/mol. The van der Waals surface area contributed by atoms with E-state index in [1.807, 2.05) is 4.72 Å². The number of sulfonamides is 1. The Hall–Kier alpha value is -2.99. The Morgan fingerprint density at radius 3 is 2.33 bits per heavy atom. The number of alkyl halides is 3. The number of amides is 3. The molecule has 0 radical (unpaired) electrons. The molecule has 0 unspecified atom stereocenters. The van der Waals surface area contributed by atoms with Gasteiger partial charge < -0.3 is 15.4 Å². The number of urea groups is 1. The Kier molecular flexibility index (Phi) is 9.07. The van der Waals surface area contributed by atoms with Crippen molar-refractivity contribution in [3.05, 3.63) is 58.6 Å². The maximum absolute atomic E-state index is 12.6. The topological polar surface area (TPSA) is 114 Å². The van der Waals surface area contributed by atoms with Gasteiger partial charge in [-0.15, -0.1) is 13.2 Å². The minimum Gasteiger partial charge on any atom is -0.405 e. The average Bonchev–Trinajstić information content (AvgIpc) is 2.80. The van der Waals surface area contributed by atoms with Crippen LogP contribution in [-0.4, -0.2) is 39.3 Å². The van der Waals surface area contributed by atoms with Gasteiger partial charge in [-0.1, -0.05) is 43.0 Å². The van der Waals surface area contributed by atoms with Gasteiger partial charge in [0, 0.05) is 17.6 Å². The van der Waals surface area contributed by atoms with Crippen LogP contribution in [0.4, 0.5) is 18.0 Å². The average molecular weight is 548 g/mol. The third-order valence-electron chi connectivity index (χ3n) is 5.51. The fraction of sp³-hybridized carbons (Fsp3) is 0.391. The van der Waals surface area contributed by atoms with E-state index in [9.17, 15) is 31.2 Å². The highest BCUT2D eigenvalue weighted by molar-refractivity contribution is 7.90. The van der Waals surface area contributed by atoms with E-state index in [4.69, 9.17) is 11.6 Å². The predicted octanol–water partition coefficient (Wildman–Crippen LogP) is 4.53. The third kappa shape index (κ3) is 8.30. The molecule has 3 amide bonds.